The summed E-state index contributed by atoms with van der Waals surface area (Å²) in [7, 11) is 4.06. The molecule has 0 radical (unpaired) electrons. The van der Waals surface area contributed by atoms with Crippen molar-refractivity contribution in [1.29, 1.82) is 0 Å². The number of benzene rings is 1. The molecule has 3 fully saturated rings. The number of aliphatic hydroxyl groups is 1. The van der Waals surface area contributed by atoms with E-state index in [2.05, 4.69) is 43.3 Å². The lowest BCUT2D eigenvalue weighted by atomic mass is 9.85. The normalized spacial score (nSPS) is 35.4. The quantitative estimate of drug-likeness (QED) is 0.358. The number of piperidine rings is 1. The maximum atomic E-state index is 13.5. The molecule has 5 unspecified atom stereocenters. The van der Waals surface area contributed by atoms with Gasteiger partial charge >= 0.3 is 0 Å². The van der Waals surface area contributed by atoms with Gasteiger partial charge in [-0.15, -0.1) is 0 Å². The van der Waals surface area contributed by atoms with Crippen molar-refractivity contribution in [3.63, 3.8) is 0 Å². The Morgan fingerprint density at radius 3 is 2.78 bits per heavy atom. The van der Waals surface area contributed by atoms with Gasteiger partial charge in [0.05, 0.1) is 30.4 Å². The van der Waals surface area contributed by atoms with Gasteiger partial charge in [0.2, 0.25) is 5.91 Å². The molecular weight excluding hydrogens is 470 g/mol. The average Bonchev–Trinajstić information content (AvgIpc) is 3.14. The van der Waals surface area contributed by atoms with Crippen LogP contribution in [0.25, 0.3) is 0 Å². The van der Waals surface area contributed by atoms with Crippen molar-refractivity contribution in [2.24, 2.45) is 5.92 Å². The number of ether oxygens (including phenoxy) is 1. The van der Waals surface area contributed by atoms with Crippen LogP contribution in [0.15, 0.2) is 36.4 Å². The van der Waals surface area contributed by atoms with E-state index in [4.69, 9.17) is 4.74 Å². The lowest BCUT2D eigenvalue weighted by Crippen LogP contribution is -2.69. The van der Waals surface area contributed by atoms with E-state index in [1.807, 2.05) is 50.3 Å². The number of fused-ring (bicyclic) bond motifs is 6. The zero-order chi connectivity index (χ0) is 26.0. The van der Waals surface area contributed by atoms with Crippen molar-refractivity contribution < 1.29 is 14.6 Å². The number of nitrogens with one attached hydrogen (secondary N) is 4. The number of hydrogen-bond acceptors (Lipinski definition) is 9. The first kappa shape index (κ1) is 26.4. The lowest BCUT2D eigenvalue weighted by molar-refractivity contribution is -0.146. The van der Waals surface area contributed by atoms with Gasteiger partial charge in [-0.05, 0) is 77.4 Å². The largest absolute Gasteiger partial charge is 0.492 e. The predicted molar refractivity (Wildman–Crippen MR) is 143 cm³/mol. The third-order valence-electron chi connectivity index (χ3n) is 8.06. The maximum Gasteiger partial charge on any atom is 0.244 e. The number of carbonyl (C=O) groups is 1. The van der Waals surface area contributed by atoms with Gasteiger partial charge in [-0.25, -0.2) is 0 Å². The minimum absolute atomic E-state index is 0.00264. The molecule has 10 nitrogen and oxygen atoms in total. The predicted octanol–water partition coefficient (Wildman–Crippen LogP) is 1.09. The van der Waals surface area contributed by atoms with Gasteiger partial charge < -0.3 is 20.1 Å². The molecule has 1 aromatic carbocycles. The van der Waals surface area contributed by atoms with Crippen LogP contribution in [0, 0.1) is 5.92 Å². The molecule has 204 valence electrons. The van der Waals surface area contributed by atoms with Crippen LogP contribution in [0.3, 0.4) is 0 Å². The Bertz CT molecular complexity index is 954. The van der Waals surface area contributed by atoms with Crippen LogP contribution < -0.4 is 26.0 Å². The summed E-state index contributed by atoms with van der Waals surface area (Å²) in [5.41, 5.74) is 0.187. The Kier molecular flexibility index (Phi) is 8.04. The van der Waals surface area contributed by atoms with E-state index in [1.165, 1.54) is 0 Å². The van der Waals surface area contributed by atoms with Crippen LogP contribution in [-0.2, 0) is 4.79 Å². The van der Waals surface area contributed by atoms with Crippen LogP contribution in [0.4, 0.5) is 5.69 Å². The van der Waals surface area contributed by atoms with Crippen molar-refractivity contribution in [2.75, 3.05) is 45.7 Å². The number of likely N-dealkylation sites (N-methyl/N-ethyl adjacent to an activating group) is 1. The number of anilines is 1. The molecule has 0 aliphatic carbocycles. The summed E-state index contributed by atoms with van der Waals surface area (Å²) in [6, 6.07) is 7.98. The van der Waals surface area contributed by atoms with Gasteiger partial charge in [0.1, 0.15) is 18.6 Å². The van der Waals surface area contributed by atoms with E-state index in [1.54, 1.807) is 0 Å². The van der Waals surface area contributed by atoms with Crippen molar-refractivity contribution in [3.8, 4) is 5.75 Å². The second kappa shape index (κ2) is 11.3. The Morgan fingerprint density at radius 1 is 1.19 bits per heavy atom. The van der Waals surface area contributed by atoms with Crippen molar-refractivity contribution in [1.82, 2.24) is 30.9 Å². The third kappa shape index (κ3) is 5.94. The second-order valence-corrected chi connectivity index (χ2v) is 11.2. The Balaban J connectivity index is 1.28. The lowest BCUT2D eigenvalue weighted by Gasteiger charge is -2.47. The number of allylic oxidation sites excluding steroid dienone is 1. The first-order valence-corrected chi connectivity index (χ1v) is 13.7. The fraction of sp³-hybridized carbons (Fsp3) is 0.667. The highest BCUT2D eigenvalue weighted by atomic mass is 16.5. The molecule has 6 atom stereocenters. The summed E-state index contributed by atoms with van der Waals surface area (Å²) < 4.78 is 5.81. The maximum absolute atomic E-state index is 13.5. The number of amides is 1. The zero-order valence-electron chi connectivity index (χ0n) is 22.3. The van der Waals surface area contributed by atoms with Crippen molar-refractivity contribution >= 4 is 11.6 Å². The number of hydrogen-bond donors (Lipinski definition) is 5. The van der Waals surface area contributed by atoms with Crippen LogP contribution in [0.1, 0.15) is 39.0 Å². The number of rotatable bonds is 6. The van der Waals surface area contributed by atoms with Crippen LogP contribution in [-0.4, -0.2) is 96.5 Å². The summed E-state index contributed by atoms with van der Waals surface area (Å²) in [5, 5.41) is 29.7. The Hall–Kier alpha value is -2.21. The summed E-state index contributed by atoms with van der Waals surface area (Å²) in [5.74, 6) is 0.811. The molecule has 10 heteroatoms. The first-order chi connectivity index (χ1) is 17.8. The number of hydrazine groups is 1. The third-order valence-corrected chi connectivity index (χ3v) is 8.06. The molecule has 3 saturated heterocycles. The standard InChI is InChI=1S/C27H43N7O3/c1-27(36)14-5-4-6-15-33-25(35)21-18-28-26(31-24(21)34(33)23-9-7-8-22(27)30-23)29-19-10-12-20(13-11-19)37-17-16-32(2)3/h4,6,10-13,21-24,26,28-31,36H,5,7-9,14-18H2,1-3H3/b6-4-/t21?,22?,23?,24?,26?,27-/m0/s1. The minimum Gasteiger partial charge on any atom is -0.492 e. The summed E-state index contributed by atoms with van der Waals surface area (Å²) in [6.07, 6.45) is 8.23. The topological polar surface area (TPSA) is 104 Å². The highest BCUT2D eigenvalue weighted by molar-refractivity contribution is 5.82. The van der Waals surface area contributed by atoms with E-state index in [0.29, 0.717) is 26.1 Å². The highest BCUT2D eigenvalue weighted by Crippen LogP contribution is 2.34. The summed E-state index contributed by atoms with van der Waals surface area (Å²) >= 11 is 0. The monoisotopic (exact) mass is 513 g/mol. The molecule has 5 rings (SSSR count). The van der Waals surface area contributed by atoms with Crippen LogP contribution >= 0.6 is 0 Å². The molecule has 4 heterocycles. The molecule has 0 saturated carbocycles. The van der Waals surface area contributed by atoms with E-state index < -0.39 is 5.60 Å². The van der Waals surface area contributed by atoms with Gasteiger partial charge in [-0.3, -0.25) is 25.8 Å². The molecule has 1 aromatic rings. The molecule has 37 heavy (non-hydrogen) atoms. The van der Waals surface area contributed by atoms with Crippen LogP contribution in [0.2, 0.25) is 0 Å². The molecular formula is C27H43N7O3. The Labute approximate surface area is 220 Å². The number of nitrogens with zero attached hydrogens (tertiary/aromatic N) is 3. The van der Waals surface area contributed by atoms with E-state index in [9.17, 15) is 9.90 Å². The van der Waals surface area contributed by atoms with E-state index in [-0.39, 0.29) is 36.5 Å². The molecule has 5 N–H and O–H groups in total. The second-order valence-electron chi connectivity index (χ2n) is 11.2. The van der Waals surface area contributed by atoms with Gasteiger partial charge in [0.15, 0.2) is 0 Å². The van der Waals surface area contributed by atoms with Crippen molar-refractivity contribution in [2.45, 2.75) is 69.3 Å². The molecule has 4 aliphatic rings. The zero-order valence-corrected chi connectivity index (χ0v) is 22.3. The fourth-order valence-electron chi connectivity index (χ4n) is 5.90. The van der Waals surface area contributed by atoms with Gasteiger partial charge in [-0.2, -0.15) is 5.01 Å². The van der Waals surface area contributed by atoms with Gasteiger partial charge in [0, 0.05) is 24.8 Å². The van der Waals surface area contributed by atoms with E-state index in [0.717, 1.165) is 43.7 Å². The van der Waals surface area contributed by atoms with Crippen molar-refractivity contribution in [3.05, 3.63) is 36.4 Å². The Morgan fingerprint density at radius 2 is 2.00 bits per heavy atom. The fourth-order valence-corrected chi connectivity index (χ4v) is 5.90. The molecule has 1 amide bonds. The molecule has 0 spiro atoms. The minimum atomic E-state index is -0.782. The summed E-state index contributed by atoms with van der Waals surface area (Å²) in [6.45, 7) is 4.59. The van der Waals surface area contributed by atoms with Crippen LogP contribution in [0.5, 0.6) is 5.75 Å². The molecule has 4 aliphatic heterocycles. The van der Waals surface area contributed by atoms with E-state index >= 15 is 0 Å². The first-order valence-electron chi connectivity index (χ1n) is 13.7. The molecule has 0 aromatic heterocycles. The van der Waals surface area contributed by atoms with Gasteiger partial charge in [-0.1, -0.05) is 12.2 Å². The summed E-state index contributed by atoms with van der Waals surface area (Å²) in [4.78, 5) is 15.6. The van der Waals surface area contributed by atoms with Gasteiger partial charge in [0.25, 0.3) is 0 Å². The smallest absolute Gasteiger partial charge is 0.244 e. The highest BCUT2D eigenvalue weighted by Gasteiger charge is 2.52. The molecule has 2 bridgehead atoms. The number of carbonyl (C=O) groups excluding carboxylic acids is 1. The SMILES string of the molecule is CN(C)CCOc1ccc(NC2NCC3C(=O)N4C/C=C\CC[C@](C)(O)C5CCCC(N5)N4C3N2)cc1. The average molecular weight is 514 g/mol.